The maximum absolute atomic E-state index is 11.7. The Morgan fingerprint density at radius 1 is 1.12 bits per heavy atom. The molecule has 2 heterocycles. The van der Waals surface area contributed by atoms with Crippen LogP contribution in [0.5, 0.6) is 0 Å². The maximum atomic E-state index is 11.7. The summed E-state index contributed by atoms with van der Waals surface area (Å²) in [4.78, 5) is 23.3. The highest BCUT2D eigenvalue weighted by Gasteiger charge is 2.13. The van der Waals surface area contributed by atoms with Crippen LogP contribution >= 0.6 is 0 Å². The van der Waals surface area contributed by atoms with Gasteiger partial charge in [-0.25, -0.2) is 9.59 Å². The van der Waals surface area contributed by atoms with Crippen LogP contribution in [0, 0.1) is 13.8 Å². The Morgan fingerprint density at radius 3 is 2.44 bits per heavy atom. The standard InChI is InChI=1S/C12H12O4/c1-4-8-7(3)10-9(16-11(8)13)5-6(2)15-12(10)14/h5H,4H2,1-3H3. The Bertz CT molecular complexity index is 661. The summed E-state index contributed by atoms with van der Waals surface area (Å²) in [6.45, 7) is 5.23. The minimum absolute atomic E-state index is 0.299. The predicted molar refractivity (Wildman–Crippen MR) is 59.9 cm³/mol. The lowest BCUT2D eigenvalue weighted by Gasteiger charge is -2.04. The molecule has 16 heavy (non-hydrogen) atoms. The third-order valence-corrected chi connectivity index (χ3v) is 2.67. The van der Waals surface area contributed by atoms with Crippen LogP contribution < -0.4 is 11.3 Å². The molecular formula is C12H12O4. The smallest absolute Gasteiger partial charge is 0.347 e. The molecule has 0 radical (unpaired) electrons. The molecule has 0 N–H and O–H groups in total. The SMILES string of the molecule is CCc1c(C)c2c(=O)oc(C)cc2oc1=O. The van der Waals surface area contributed by atoms with Crippen LogP contribution in [0.3, 0.4) is 0 Å². The van der Waals surface area contributed by atoms with Crippen molar-refractivity contribution in [2.45, 2.75) is 27.2 Å². The predicted octanol–water partition coefficient (Wildman–Crippen LogP) is 1.93. The Hall–Kier alpha value is -1.84. The lowest BCUT2D eigenvalue weighted by Crippen LogP contribution is -2.13. The lowest BCUT2D eigenvalue weighted by atomic mass is 10.1. The Morgan fingerprint density at radius 2 is 1.81 bits per heavy atom. The summed E-state index contributed by atoms with van der Waals surface area (Å²) in [5, 5.41) is 0.363. The van der Waals surface area contributed by atoms with Crippen molar-refractivity contribution >= 4 is 11.0 Å². The molecule has 0 aliphatic rings. The Balaban J connectivity index is 3.05. The quantitative estimate of drug-likeness (QED) is 0.736. The summed E-state index contributed by atoms with van der Waals surface area (Å²) < 4.78 is 10.1. The van der Waals surface area contributed by atoms with Crippen molar-refractivity contribution in [3.8, 4) is 0 Å². The van der Waals surface area contributed by atoms with E-state index in [2.05, 4.69) is 0 Å². The highest BCUT2D eigenvalue weighted by Crippen LogP contribution is 2.17. The van der Waals surface area contributed by atoms with Crippen LogP contribution in [0.25, 0.3) is 11.0 Å². The van der Waals surface area contributed by atoms with Gasteiger partial charge in [0.25, 0.3) is 0 Å². The third kappa shape index (κ3) is 1.46. The molecule has 0 fully saturated rings. The van der Waals surface area contributed by atoms with Gasteiger partial charge in [0.1, 0.15) is 16.7 Å². The van der Waals surface area contributed by atoms with E-state index in [4.69, 9.17) is 8.83 Å². The van der Waals surface area contributed by atoms with Gasteiger partial charge in [0.15, 0.2) is 0 Å². The van der Waals surface area contributed by atoms with E-state index >= 15 is 0 Å². The fourth-order valence-electron chi connectivity index (χ4n) is 1.88. The number of fused-ring (bicyclic) bond motifs is 1. The third-order valence-electron chi connectivity index (χ3n) is 2.67. The molecule has 2 aromatic heterocycles. The van der Waals surface area contributed by atoms with Gasteiger partial charge in [-0.05, 0) is 25.8 Å². The fourth-order valence-corrected chi connectivity index (χ4v) is 1.88. The Kier molecular flexibility index (Phi) is 2.42. The van der Waals surface area contributed by atoms with Crippen molar-refractivity contribution in [2.24, 2.45) is 0 Å². The van der Waals surface area contributed by atoms with Crippen molar-refractivity contribution in [3.63, 3.8) is 0 Å². The van der Waals surface area contributed by atoms with E-state index in [0.29, 0.717) is 34.3 Å². The highest BCUT2D eigenvalue weighted by atomic mass is 16.4. The second-order valence-electron chi connectivity index (χ2n) is 3.73. The molecule has 0 aromatic carbocycles. The molecule has 2 rings (SSSR count). The topological polar surface area (TPSA) is 60.4 Å². The van der Waals surface area contributed by atoms with Crippen molar-refractivity contribution in [2.75, 3.05) is 0 Å². The molecule has 0 saturated heterocycles. The van der Waals surface area contributed by atoms with Crippen LogP contribution in [0.2, 0.25) is 0 Å². The number of aryl methyl sites for hydroxylation is 2. The first-order valence-electron chi connectivity index (χ1n) is 5.11. The van der Waals surface area contributed by atoms with E-state index < -0.39 is 5.63 Å². The van der Waals surface area contributed by atoms with Gasteiger partial charge in [-0.1, -0.05) is 6.92 Å². The van der Waals surface area contributed by atoms with Gasteiger partial charge in [0.2, 0.25) is 0 Å². The first-order chi connectivity index (χ1) is 7.54. The van der Waals surface area contributed by atoms with Gasteiger partial charge >= 0.3 is 11.3 Å². The molecule has 4 nitrogen and oxygen atoms in total. The summed E-state index contributed by atoms with van der Waals surface area (Å²) in [6.07, 6.45) is 0.539. The van der Waals surface area contributed by atoms with Gasteiger partial charge < -0.3 is 8.83 Å². The summed E-state index contributed by atoms with van der Waals surface area (Å²) >= 11 is 0. The first-order valence-corrected chi connectivity index (χ1v) is 5.11. The lowest BCUT2D eigenvalue weighted by molar-refractivity contribution is 0.477. The van der Waals surface area contributed by atoms with Gasteiger partial charge in [0.05, 0.1) is 0 Å². The highest BCUT2D eigenvalue weighted by molar-refractivity contribution is 5.79. The normalized spacial score (nSPS) is 10.9. The average Bonchev–Trinajstić information content (AvgIpc) is 2.15. The monoisotopic (exact) mass is 220 g/mol. The van der Waals surface area contributed by atoms with Crippen molar-refractivity contribution in [3.05, 3.63) is 43.8 Å². The van der Waals surface area contributed by atoms with Crippen LogP contribution in [0.15, 0.2) is 24.5 Å². The van der Waals surface area contributed by atoms with Crippen LogP contribution in [-0.2, 0) is 6.42 Å². The van der Waals surface area contributed by atoms with Crippen LogP contribution in [0.1, 0.15) is 23.8 Å². The summed E-state index contributed by atoms with van der Waals surface area (Å²) in [5.41, 5.74) is 0.656. The zero-order valence-electron chi connectivity index (χ0n) is 9.42. The fraction of sp³-hybridized carbons (Fsp3) is 0.333. The van der Waals surface area contributed by atoms with Gasteiger partial charge in [0, 0.05) is 11.6 Å². The van der Waals surface area contributed by atoms with Gasteiger partial charge in [-0.15, -0.1) is 0 Å². The van der Waals surface area contributed by atoms with Gasteiger partial charge in [-0.3, -0.25) is 0 Å². The molecule has 0 atom stereocenters. The first kappa shape index (κ1) is 10.7. The number of hydrogen-bond donors (Lipinski definition) is 0. The van der Waals surface area contributed by atoms with E-state index in [-0.39, 0.29) is 5.63 Å². The molecule has 0 saturated carbocycles. The van der Waals surface area contributed by atoms with Crippen LogP contribution in [-0.4, -0.2) is 0 Å². The molecule has 0 spiro atoms. The summed E-state index contributed by atoms with van der Waals surface area (Å²) in [7, 11) is 0. The second kappa shape index (κ2) is 3.63. The van der Waals surface area contributed by atoms with Crippen molar-refractivity contribution < 1.29 is 8.83 Å². The molecule has 0 bridgehead atoms. The van der Waals surface area contributed by atoms with Crippen LogP contribution in [0.4, 0.5) is 0 Å². The zero-order valence-corrected chi connectivity index (χ0v) is 9.42. The molecule has 0 aliphatic heterocycles. The minimum Gasteiger partial charge on any atom is -0.428 e. The minimum atomic E-state index is -0.453. The van der Waals surface area contributed by atoms with E-state index in [0.717, 1.165) is 0 Å². The molecule has 0 aliphatic carbocycles. The van der Waals surface area contributed by atoms with E-state index in [1.54, 1.807) is 19.9 Å². The molecule has 84 valence electrons. The summed E-state index contributed by atoms with van der Waals surface area (Å²) in [5.74, 6) is 0.435. The molecule has 4 heteroatoms. The molecule has 2 aromatic rings. The van der Waals surface area contributed by atoms with E-state index in [1.165, 1.54) is 0 Å². The van der Waals surface area contributed by atoms with E-state index in [1.807, 2.05) is 6.92 Å². The number of hydrogen-bond acceptors (Lipinski definition) is 4. The largest absolute Gasteiger partial charge is 0.428 e. The van der Waals surface area contributed by atoms with E-state index in [9.17, 15) is 9.59 Å². The molecule has 0 amide bonds. The molecule has 0 unspecified atom stereocenters. The maximum Gasteiger partial charge on any atom is 0.347 e. The van der Waals surface area contributed by atoms with Crippen molar-refractivity contribution in [1.29, 1.82) is 0 Å². The van der Waals surface area contributed by atoms with Crippen molar-refractivity contribution in [1.82, 2.24) is 0 Å². The zero-order chi connectivity index (χ0) is 11.9. The summed E-state index contributed by atoms with van der Waals surface area (Å²) in [6, 6.07) is 1.56. The Labute approximate surface area is 91.5 Å². The molecular weight excluding hydrogens is 208 g/mol. The average molecular weight is 220 g/mol. The second-order valence-corrected chi connectivity index (χ2v) is 3.73. The number of rotatable bonds is 1. The van der Waals surface area contributed by atoms with Gasteiger partial charge in [-0.2, -0.15) is 0 Å².